The Morgan fingerprint density at radius 1 is 1.38 bits per heavy atom. The molecule has 0 aliphatic rings. The van der Waals surface area contributed by atoms with E-state index in [4.69, 9.17) is 10.8 Å². The normalized spacial score (nSPS) is 13.7. The molecule has 1 aromatic carbocycles. The van der Waals surface area contributed by atoms with Crippen LogP contribution in [0.4, 0.5) is 5.69 Å². The van der Waals surface area contributed by atoms with E-state index in [0.29, 0.717) is 5.56 Å². The number of nitrogens with two attached hydrogens (primary N) is 1. The number of non-ortho nitro benzene ring substituents is 1. The van der Waals surface area contributed by atoms with Crippen LogP contribution >= 0.6 is 0 Å². The van der Waals surface area contributed by atoms with Crippen LogP contribution in [0.15, 0.2) is 24.3 Å². The molecule has 0 bridgehead atoms. The van der Waals surface area contributed by atoms with Crippen LogP contribution in [0.2, 0.25) is 0 Å². The summed E-state index contributed by atoms with van der Waals surface area (Å²) in [7, 11) is 0. The van der Waals surface area contributed by atoms with Gasteiger partial charge in [0, 0.05) is 12.1 Å². The highest BCUT2D eigenvalue weighted by atomic mass is 16.6. The zero-order valence-corrected chi connectivity index (χ0v) is 8.41. The van der Waals surface area contributed by atoms with Gasteiger partial charge in [-0.15, -0.1) is 0 Å². The van der Waals surface area contributed by atoms with Crippen LogP contribution in [0.25, 0.3) is 0 Å². The second-order valence-electron chi connectivity index (χ2n) is 3.14. The van der Waals surface area contributed by atoms with E-state index >= 15 is 0 Å². The number of benzene rings is 1. The molecule has 0 aromatic heterocycles. The Hall–Kier alpha value is -1.54. The maximum Gasteiger partial charge on any atom is 0.269 e. The van der Waals surface area contributed by atoms with Crippen molar-refractivity contribution in [2.24, 2.45) is 5.73 Å². The molecular formula is C9H14N2O5. The zero-order chi connectivity index (χ0) is 11.4. The Labute approximate surface area is 91.6 Å². The lowest BCUT2D eigenvalue weighted by molar-refractivity contribution is -0.384. The molecule has 1 aromatic rings. The number of aliphatic hydroxyl groups excluding tert-OH is 2. The molecule has 0 aliphatic heterocycles. The summed E-state index contributed by atoms with van der Waals surface area (Å²) in [5.41, 5.74) is 5.81. The number of nitro benzene ring substituents is 1. The second-order valence-corrected chi connectivity index (χ2v) is 3.14. The summed E-state index contributed by atoms with van der Waals surface area (Å²) in [6.45, 7) is -0.349. The largest absolute Gasteiger partial charge is 0.412 e. The molecule has 1 rings (SSSR count). The molecule has 0 saturated heterocycles. The lowest BCUT2D eigenvalue weighted by Gasteiger charge is -2.16. The Kier molecular flexibility index (Phi) is 5.54. The van der Waals surface area contributed by atoms with Crippen molar-refractivity contribution < 1.29 is 20.6 Å². The van der Waals surface area contributed by atoms with Crippen LogP contribution in [-0.2, 0) is 0 Å². The van der Waals surface area contributed by atoms with E-state index in [1.807, 2.05) is 0 Å². The summed E-state index contributed by atoms with van der Waals surface area (Å²) < 4.78 is 0. The van der Waals surface area contributed by atoms with Gasteiger partial charge in [0.05, 0.1) is 23.7 Å². The van der Waals surface area contributed by atoms with E-state index in [-0.39, 0.29) is 17.8 Å². The molecule has 6 N–H and O–H groups in total. The number of hydrogen-bond acceptors (Lipinski definition) is 5. The number of aliphatic hydroxyl groups is 2. The summed E-state index contributed by atoms with van der Waals surface area (Å²) in [4.78, 5) is 9.82. The Bertz CT molecular complexity index is 340. The lowest BCUT2D eigenvalue weighted by atomic mass is 10.0. The molecular weight excluding hydrogens is 216 g/mol. The minimum absolute atomic E-state index is 0. The lowest BCUT2D eigenvalue weighted by Crippen LogP contribution is -2.31. The van der Waals surface area contributed by atoms with Gasteiger partial charge in [0.1, 0.15) is 0 Å². The first-order valence-electron chi connectivity index (χ1n) is 4.35. The van der Waals surface area contributed by atoms with E-state index < -0.39 is 17.1 Å². The molecule has 7 heteroatoms. The molecule has 16 heavy (non-hydrogen) atoms. The van der Waals surface area contributed by atoms with Gasteiger partial charge in [-0.25, -0.2) is 0 Å². The van der Waals surface area contributed by atoms with Gasteiger partial charge in [0.2, 0.25) is 0 Å². The first kappa shape index (κ1) is 14.5. The molecule has 0 fully saturated rings. The fourth-order valence-corrected chi connectivity index (χ4v) is 1.14. The third-order valence-electron chi connectivity index (χ3n) is 2.06. The van der Waals surface area contributed by atoms with E-state index in [1.54, 1.807) is 0 Å². The predicted molar refractivity (Wildman–Crippen MR) is 56.7 cm³/mol. The SMILES string of the molecule is NC(CO)C(O)c1ccc([N+](=O)[O-])cc1.O. The van der Waals surface area contributed by atoms with Crippen LogP contribution in [0.5, 0.6) is 0 Å². The summed E-state index contributed by atoms with van der Waals surface area (Å²) in [6.07, 6.45) is -1.02. The van der Waals surface area contributed by atoms with Crippen molar-refractivity contribution in [3.8, 4) is 0 Å². The van der Waals surface area contributed by atoms with E-state index in [1.165, 1.54) is 24.3 Å². The topological polar surface area (TPSA) is 141 Å². The number of nitrogens with zero attached hydrogens (tertiary/aromatic N) is 1. The molecule has 0 amide bonds. The maximum atomic E-state index is 10.4. The molecule has 90 valence electrons. The molecule has 0 aliphatic carbocycles. The van der Waals surface area contributed by atoms with Crippen molar-refractivity contribution in [3.63, 3.8) is 0 Å². The third kappa shape index (κ3) is 3.24. The molecule has 0 spiro atoms. The molecule has 0 heterocycles. The van der Waals surface area contributed by atoms with Gasteiger partial charge in [-0.1, -0.05) is 0 Å². The number of hydrogen-bond donors (Lipinski definition) is 3. The van der Waals surface area contributed by atoms with Gasteiger partial charge in [-0.05, 0) is 17.7 Å². The molecule has 7 nitrogen and oxygen atoms in total. The first-order chi connectivity index (χ1) is 7.06. The van der Waals surface area contributed by atoms with Crippen LogP contribution in [-0.4, -0.2) is 33.3 Å². The molecule has 2 unspecified atom stereocenters. The van der Waals surface area contributed by atoms with Crippen molar-refractivity contribution in [1.29, 1.82) is 0 Å². The summed E-state index contributed by atoms with van der Waals surface area (Å²) in [6, 6.07) is 4.61. The van der Waals surface area contributed by atoms with Crippen LogP contribution in [0.1, 0.15) is 11.7 Å². The van der Waals surface area contributed by atoms with Crippen molar-refractivity contribution in [2.75, 3.05) is 6.61 Å². The van der Waals surface area contributed by atoms with Crippen molar-refractivity contribution >= 4 is 5.69 Å². The van der Waals surface area contributed by atoms with Gasteiger partial charge in [0.15, 0.2) is 0 Å². The Morgan fingerprint density at radius 2 is 1.88 bits per heavy atom. The van der Waals surface area contributed by atoms with Gasteiger partial charge in [-0.3, -0.25) is 10.1 Å². The first-order valence-corrected chi connectivity index (χ1v) is 4.35. The maximum absolute atomic E-state index is 10.4. The van der Waals surface area contributed by atoms with E-state index in [9.17, 15) is 15.2 Å². The third-order valence-corrected chi connectivity index (χ3v) is 2.06. The van der Waals surface area contributed by atoms with Gasteiger partial charge >= 0.3 is 0 Å². The highest BCUT2D eigenvalue weighted by molar-refractivity contribution is 5.34. The molecule has 0 saturated carbocycles. The van der Waals surface area contributed by atoms with Crippen molar-refractivity contribution in [3.05, 3.63) is 39.9 Å². The van der Waals surface area contributed by atoms with Crippen LogP contribution in [0.3, 0.4) is 0 Å². The second kappa shape index (κ2) is 6.13. The molecule has 0 radical (unpaired) electrons. The standard InChI is InChI=1S/C9H12N2O4.H2O/c10-8(5-12)9(13)6-1-3-7(4-2-6)11(14)15;/h1-4,8-9,12-13H,5,10H2;1H2. The van der Waals surface area contributed by atoms with Gasteiger partial charge in [0.25, 0.3) is 5.69 Å². The van der Waals surface area contributed by atoms with Crippen LogP contribution < -0.4 is 5.73 Å². The van der Waals surface area contributed by atoms with Crippen molar-refractivity contribution in [1.82, 2.24) is 0 Å². The summed E-state index contributed by atoms with van der Waals surface area (Å²) in [5, 5.41) is 28.6. The van der Waals surface area contributed by atoms with Crippen molar-refractivity contribution in [2.45, 2.75) is 12.1 Å². The average molecular weight is 230 g/mol. The average Bonchev–Trinajstić information content (AvgIpc) is 2.27. The Morgan fingerprint density at radius 3 is 2.25 bits per heavy atom. The zero-order valence-electron chi connectivity index (χ0n) is 8.41. The minimum Gasteiger partial charge on any atom is -0.412 e. The van der Waals surface area contributed by atoms with Gasteiger partial charge < -0.3 is 21.4 Å². The monoisotopic (exact) mass is 230 g/mol. The van der Waals surface area contributed by atoms with E-state index in [0.717, 1.165) is 0 Å². The fraction of sp³-hybridized carbons (Fsp3) is 0.333. The molecule has 2 atom stereocenters. The Balaban J connectivity index is 0.00000225. The smallest absolute Gasteiger partial charge is 0.269 e. The predicted octanol–water partition coefficient (Wildman–Crippen LogP) is -0.877. The quantitative estimate of drug-likeness (QED) is 0.455. The highest BCUT2D eigenvalue weighted by Gasteiger charge is 2.16. The minimum atomic E-state index is -1.02. The fourth-order valence-electron chi connectivity index (χ4n) is 1.14. The number of nitro groups is 1. The highest BCUT2D eigenvalue weighted by Crippen LogP contribution is 2.19. The van der Waals surface area contributed by atoms with Gasteiger partial charge in [-0.2, -0.15) is 0 Å². The summed E-state index contributed by atoms with van der Waals surface area (Å²) in [5.74, 6) is 0. The summed E-state index contributed by atoms with van der Waals surface area (Å²) >= 11 is 0. The van der Waals surface area contributed by atoms with Crippen LogP contribution in [0, 0.1) is 10.1 Å². The van der Waals surface area contributed by atoms with E-state index in [2.05, 4.69) is 0 Å². The number of rotatable bonds is 4.